The quantitative estimate of drug-likeness (QED) is 0.775. The van der Waals surface area contributed by atoms with Gasteiger partial charge in [0.15, 0.2) is 0 Å². The third kappa shape index (κ3) is 4.49. The minimum absolute atomic E-state index is 0.162. The van der Waals surface area contributed by atoms with Gasteiger partial charge in [-0.3, -0.25) is 0 Å². The monoisotopic (exact) mass is 257 g/mol. The van der Waals surface area contributed by atoms with Crippen LogP contribution in [0.25, 0.3) is 0 Å². The van der Waals surface area contributed by atoms with Crippen LogP contribution in [0.3, 0.4) is 0 Å². The Morgan fingerprint density at radius 3 is 2.58 bits per heavy atom. The molecule has 19 heavy (non-hydrogen) atoms. The Morgan fingerprint density at radius 2 is 1.84 bits per heavy atom. The van der Waals surface area contributed by atoms with E-state index in [0.29, 0.717) is 0 Å². The molecule has 0 atom stereocenters. The van der Waals surface area contributed by atoms with Crippen molar-refractivity contribution >= 4 is 0 Å². The van der Waals surface area contributed by atoms with Crippen LogP contribution in [-0.2, 0) is 13.0 Å². The van der Waals surface area contributed by atoms with Crippen LogP contribution in [0.15, 0.2) is 48.5 Å². The summed E-state index contributed by atoms with van der Waals surface area (Å²) in [6.07, 6.45) is 2.21. The molecule has 0 aliphatic rings. The molecule has 0 aliphatic heterocycles. The summed E-state index contributed by atoms with van der Waals surface area (Å²) in [6, 6.07) is 15.5. The second kappa shape index (κ2) is 7.05. The Bertz CT molecular complexity index is 508. The first-order chi connectivity index (χ1) is 9.25. The molecule has 0 heterocycles. The summed E-state index contributed by atoms with van der Waals surface area (Å²) < 4.78 is 13.0. The molecule has 0 amide bonds. The average molecular weight is 257 g/mol. The van der Waals surface area contributed by atoms with Gasteiger partial charge in [0, 0.05) is 6.54 Å². The molecular formula is C17H20FN. The smallest absolute Gasteiger partial charge is 0.123 e. The minimum atomic E-state index is -0.162. The van der Waals surface area contributed by atoms with Gasteiger partial charge in [0.05, 0.1) is 0 Å². The third-order valence-electron chi connectivity index (χ3n) is 3.28. The van der Waals surface area contributed by atoms with Crippen molar-refractivity contribution in [2.75, 3.05) is 6.54 Å². The summed E-state index contributed by atoms with van der Waals surface area (Å²) in [7, 11) is 0. The highest BCUT2D eigenvalue weighted by atomic mass is 19.1. The Balaban J connectivity index is 1.69. The van der Waals surface area contributed by atoms with E-state index in [1.165, 1.54) is 17.2 Å². The zero-order valence-electron chi connectivity index (χ0n) is 11.3. The number of halogens is 1. The Labute approximate surface area is 114 Å². The van der Waals surface area contributed by atoms with E-state index in [1.807, 2.05) is 19.1 Å². The lowest BCUT2D eigenvalue weighted by molar-refractivity contribution is 0.620. The molecule has 2 aromatic carbocycles. The molecule has 0 spiro atoms. The van der Waals surface area contributed by atoms with E-state index in [4.69, 9.17) is 0 Å². The highest BCUT2D eigenvalue weighted by Crippen LogP contribution is 2.09. The highest BCUT2D eigenvalue weighted by Gasteiger charge is 1.99. The summed E-state index contributed by atoms with van der Waals surface area (Å²) in [5.74, 6) is -0.162. The molecule has 0 fully saturated rings. The van der Waals surface area contributed by atoms with Crippen molar-refractivity contribution in [3.63, 3.8) is 0 Å². The van der Waals surface area contributed by atoms with E-state index in [-0.39, 0.29) is 5.82 Å². The number of nitrogens with one attached hydrogen (secondary N) is 1. The number of aryl methyl sites for hydroxylation is 2. The largest absolute Gasteiger partial charge is 0.313 e. The highest BCUT2D eigenvalue weighted by molar-refractivity contribution is 5.26. The second-order valence-electron chi connectivity index (χ2n) is 4.84. The fourth-order valence-electron chi connectivity index (χ4n) is 2.14. The van der Waals surface area contributed by atoms with Gasteiger partial charge < -0.3 is 5.32 Å². The van der Waals surface area contributed by atoms with E-state index in [2.05, 4.69) is 29.6 Å². The van der Waals surface area contributed by atoms with Gasteiger partial charge in [-0.15, -0.1) is 0 Å². The summed E-state index contributed by atoms with van der Waals surface area (Å²) in [5, 5.41) is 3.41. The van der Waals surface area contributed by atoms with Gasteiger partial charge in [0.25, 0.3) is 0 Å². The van der Waals surface area contributed by atoms with E-state index in [1.54, 1.807) is 6.07 Å². The first-order valence-electron chi connectivity index (χ1n) is 6.75. The molecule has 2 heteroatoms. The molecule has 0 saturated carbocycles. The Kier molecular flexibility index (Phi) is 5.10. The summed E-state index contributed by atoms with van der Waals surface area (Å²) >= 11 is 0. The molecule has 1 N–H and O–H groups in total. The van der Waals surface area contributed by atoms with Crippen LogP contribution >= 0.6 is 0 Å². The zero-order chi connectivity index (χ0) is 13.5. The first-order valence-corrected chi connectivity index (χ1v) is 6.75. The van der Waals surface area contributed by atoms with E-state index in [0.717, 1.165) is 31.5 Å². The molecule has 1 nitrogen and oxygen atoms in total. The maximum Gasteiger partial charge on any atom is 0.123 e. The predicted molar refractivity (Wildman–Crippen MR) is 77.6 cm³/mol. The van der Waals surface area contributed by atoms with Gasteiger partial charge in [-0.05, 0) is 55.1 Å². The van der Waals surface area contributed by atoms with Crippen molar-refractivity contribution in [2.45, 2.75) is 26.3 Å². The summed E-state index contributed by atoms with van der Waals surface area (Å²) in [5.41, 5.74) is 3.55. The van der Waals surface area contributed by atoms with Gasteiger partial charge in [-0.25, -0.2) is 4.39 Å². The normalized spacial score (nSPS) is 10.6. The van der Waals surface area contributed by atoms with Gasteiger partial charge in [0.1, 0.15) is 5.82 Å². The van der Waals surface area contributed by atoms with E-state index in [9.17, 15) is 4.39 Å². The predicted octanol–water partition coefficient (Wildman–Crippen LogP) is 3.86. The van der Waals surface area contributed by atoms with Gasteiger partial charge in [0.2, 0.25) is 0 Å². The molecule has 0 unspecified atom stereocenters. The minimum Gasteiger partial charge on any atom is -0.313 e. The van der Waals surface area contributed by atoms with Crippen LogP contribution in [-0.4, -0.2) is 6.54 Å². The molecule has 0 radical (unpaired) electrons. The average Bonchev–Trinajstić information content (AvgIpc) is 2.42. The number of hydrogen-bond acceptors (Lipinski definition) is 1. The molecule has 0 saturated heterocycles. The Morgan fingerprint density at radius 1 is 1.05 bits per heavy atom. The van der Waals surface area contributed by atoms with Crippen LogP contribution in [0.5, 0.6) is 0 Å². The van der Waals surface area contributed by atoms with Crippen molar-refractivity contribution in [1.82, 2.24) is 5.32 Å². The maximum absolute atomic E-state index is 13.0. The molecule has 2 aromatic rings. The van der Waals surface area contributed by atoms with Crippen LogP contribution in [0.2, 0.25) is 0 Å². The molecule has 0 bridgehead atoms. The maximum atomic E-state index is 13.0. The van der Waals surface area contributed by atoms with Crippen LogP contribution in [0, 0.1) is 12.7 Å². The lowest BCUT2D eigenvalue weighted by Gasteiger charge is -2.08. The number of hydrogen-bond donors (Lipinski definition) is 1. The molecule has 0 aromatic heterocycles. The number of benzene rings is 2. The van der Waals surface area contributed by atoms with Crippen molar-refractivity contribution in [1.29, 1.82) is 0 Å². The van der Waals surface area contributed by atoms with Gasteiger partial charge >= 0.3 is 0 Å². The Hall–Kier alpha value is -1.67. The molecular weight excluding hydrogens is 237 g/mol. The first kappa shape index (κ1) is 13.8. The van der Waals surface area contributed by atoms with Crippen LogP contribution < -0.4 is 5.32 Å². The lowest BCUT2D eigenvalue weighted by atomic mass is 10.1. The lowest BCUT2D eigenvalue weighted by Crippen LogP contribution is -2.16. The molecule has 2 rings (SSSR count). The van der Waals surface area contributed by atoms with Crippen molar-refractivity contribution < 1.29 is 4.39 Å². The molecule has 100 valence electrons. The standard InChI is InChI=1S/C17H20FN/c1-14-12-17(18)10-9-16(14)13-19-11-5-8-15-6-3-2-4-7-15/h2-4,6-7,9-10,12,19H,5,8,11,13H2,1H3. The van der Waals surface area contributed by atoms with E-state index >= 15 is 0 Å². The van der Waals surface area contributed by atoms with Gasteiger partial charge in [-0.2, -0.15) is 0 Å². The zero-order valence-corrected chi connectivity index (χ0v) is 11.3. The third-order valence-corrected chi connectivity index (χ3v) is 3.28. The second-order valence-corrected chi connectivity index (χ2v) is 4.84. The van der Waals surface area contributed by atoms with Crippen molar-refractivity contribution in [3.8, 4) is 0 Å². The van der Waals surface area contributed by atoms with Crippen molar-refractivity contribution in [2.24, 2.45) is 0 Å². The van der Waals surface area contributed by atoms with Gasteiger partial charge in [-0.1, -0.05) is 36.4 Å². The molecule has 0 aliphatic carbocycles. The van der Waals surface area contributed by atoms with Crippen molar-refractivity contribution in [3.05, 3.63) is 71.0 Å². The fraction of sp³-hybridized carbons (Fsp3) is 0.294. The number of rotatable bonds is 6. The fourth-order valence-corrected chi connectivity index (χ4v) is 2.14. The summed E-state index contributed by atoms with van der Waals surface area (Å²) in [4.78, 5) is 0. The summed E-state index contributed by atoms with van der Waals surface area (Å²) in [6.45, 7) is 3.73. The topological polar surface area (TPSA) is 12.0 Å². The SMILES string of the molecule is Cc1cc(F)ccc1CNCCCc1ccccc1. The van der Waals surface area contributed by atoms with Crippen LogP contribution in [0.1, 0.15) is 23.1 Å². The van der Waals surface area contributed by atoms with Crippen LogP contribution in [0.4, 0.5) is 4.39 Å². The van der Waals surface area contributed by atoms with E-state index < -0.39 is 0 Å².